The Kier molecular flexibility index (Phi) is 6.73. The largest absolute Gasteiger partial charge is 0.433 e. The van der Waals surface area contributed by atoms with Crippen LogP contribution in [0.4, 0.5) is 14.5 Å². The zero-order valence-electron chi connectivity index (χ0n) is 15.2. The van der Waals surface area contributed by atoms with Gasteiger partial charge in [0.15, 0.2) is 0 Å². The van der Waals surface area contributed by atoms with Gasteiger partial charge in [-0.25, -0.2) is 0 Å². The summed E-state index contributed by atoms with van der Waals surface area (Å²) in [6.07, 6.45) is 0. The number of anilines is 1. The molecule has 0 bridgehead atoms. The Bertz CT molecular complexity index is 899. The number of carbonyl (C=O) groups excluding carboxylic acids is 1. The van der Waals surface area contributed by atoms with Crippen molar-refractivity contribution in [1.82, 2.24) is 5.32 Å². The van der Waals surface area contributed by atoms with Gasteiger partial charge in [-0.3, -0.25) is 10.1 Å². The quantitative estimate of drug-likeness (QED) is 0.559. The van der Waals surface area contributed by atoms with Crippen LogP contribution in [0.25, 0.3) is 0 Å². The van der Waals surface area contributed by atoms with Crippen molar-refractivity contribution in [3.63, 3.8) is 0 Å². The van der Waals surface area contributed by atoms with Gasteiger partial charge in [0, 0.05) is 4.88 Å². The van der Waals surface area contributed by atoms with Crippen molar-refractivity contribution >= 4 is 22.9 Å². The molecule has 0 aliphatic rings. The molecular weight excluding hydrogens is 382 g/mol. The molecule has 0 unspecified atom stereocenters. The van der Waals surface area contributed by atoms with Crippen LogP contribution in [0.3, 0.4) is 0 Å². The zero-order chi connectivity index (χ0) is 19.9. The number of nitrogens with one attached hydrogen (secondary N) is 2. The molecule has 4 nitrogen and oxygen atoms in total. The molecule has 0 saturated carbocycles. The number of halogens is 2. The average molecular weight is 402 g/mol. The first-order chi connectivity index (χ1) is 13.5. The number of hydrogen-bond donors (Lipinski definition) is 2. The summed E-state index contributed by atoms with van der Waals surface area (Å²) in [5.74, 6) is -0.418. The third kappa shape index (κ3) is 5.37. The maximum Gasteiger partial charge on any atom is 0.387 e. The summed E-state index contributed by atoms with van der Waals surface area (Å²) in [6.45, 7) is -0.927. The molecule has 1 heterocycles. The Morgan fingerprint density at radius 2 is 1.82 bits per heavy atom. The van der Waals surface area contributed by atoms with E-state index in [-0.39, 0.29) is 29.9 Å². The number of ether oxygens (including phenoxy) is 1. The number of amides is 1. The first kappa shape index (κ1) is 20.0. The molecule has 7 heteroatoms. The number of hydrogen-bond acceptors (Lipinski definition) is 4. The van der Waals surface area contributed by atoms with E-state index in [4.69, 9.17) is 0 Å². The number of alkyl halides is 2. The highest BCUT2D eigenvalue weighted by Gasteiger charge is 2.17. The fourth-order valence-corrected chi connectivity index (χ4v) is 3.58. The number of para-hydroxylation sites is 2. The number of rotatable bonds is 8. The molecule has 0 aliphatic carbocycles. The number of thiophene rings is 1. The third-order valence-electron chi connectivity index (χ3n) is 4.08. The van der Waals surface area contributed by atoms with Gasteiger partial charge in [-0.2, -0.15) is 8.78 Å². The predicted octanol–water partition coefficient (Wildman–Crippen LogP) is 4.98. The number of benzene rings is 2. The van der Waals surface area contributed by atoms with E-state index in [9.17, 15) is 13.6 Å². The molecule has 3 aromatic rings. The summed E-state index contributed by atoms with van der Waals surface area (Å²) in [7, 11) is 0. The Labute approximate surface area is 166 Å². The van der Waals surface area contributed by atoms with Crippen LogP contribution in [-0.2, 0) is 4.79 Å². The van der Waals surface area contributed by atoms with Gasteiger partial charge in [0.2, 0.25) is 5.91 Å². The fraction of sp³-hybridized carbons (Fsp3) is 0.190. The molecule has 146 valence electrons. The Morgan fingerprint density at radius 3 is 2.50 bits per heavy atom. The lowest BCUT2D eigenvalue weighted by Gasteiger charge is -2.18. The van der Waals surface area contributed by atoms with Crippen molar-refractivity contribution in [3.8, 4) is 5.75 Å². The van der Waals surface area contributed by atoms with E-state index in [1.165, 1.54) is 12.1 Å². The second-order valence-electron chi connectivity index (χ2n) is 6.16. The highest BCUT2D eigenvalue weighted by molar-refractivity contribution is 7.10. The SMILES string of the molecule is Cc1ccc([C@H](NCC(=O)Nc2ccccc2OC(F)F)c2cccs2)cc1. The molecule has 0 aliphatic heterocycles. The molecule has 1 aromatic heterocycles. The molecule has 3 rings (SSSR count). The summed E-state index contributed by atoms with van der Waals surface area (Å²) >= 11 is 1.60. The maximum atomic E-state index is 12.5. The monoisotopic (exact) mass is 402 g/mol. The van der Waals surface area contributed by atoms with Crippen LogP contribution in [0, 0.1) is 6.92 Å². The van der Waals surface area contributed by atoms with Crippen LogP contribution in [-0.4, -0.2) is 19.1 Å². The van der Waals surface area contributed by atoms with Gasteiger partial charge in [0.1, 0.15) is 5.75 Å². The highest BCUT2D eigenvalue weighted by Crippen LogP contribution is 2.27. The van der Waals surface area contributed by atoms with Crippen molar-refractivity contribution in [1.29, 1.82) is 0 Å². The van der Waals surface area contributed by atoms with Crippen LogP contribution in [0.2, 0.25) is 0 Å². The lowest BCUT2D eigenvalue weighted by molar-refractivity contribution is -0.115. The summed E-state index contributed by atoms with van der Waals surface area (Å²) in [5.41, 5.74) is 2.40. The van der Waals surface area contributed by atoms with Crippen LogP contribution in [0.1, 0.15) is 22.0 Å². The Morgan fingerprint density at radius 1 is 1.07 bits per heavy atom. The minimum atomic E-state index is -2.96. The van der Waals surface area contributed by atoms with Gasteiger partial charge in [-0.1, -0.05) is 48.0 Å². The first-order valence-corrected chi connectivity index (χ1v) is 9.58. The van der Waals surface area contributed by atoms with E-state index in [0.29, 0.717) is 0 Å². The van der Waals surface area contributed by atoms with Crippen LogP contribution in [0.15, 0.2) is 66.0 Å². The Balaban J connectivity index is 1.68. The second kappa shape index (κ2) is 9.43. The molecule has 1 amide bonds. The minimum Gasteiger partial charge on any atom is -0.433 e. The van der Waals surface area contributed by atoms with E-state index in [1.807, 2.05) is 48.7 Å². The molecule has 0 fully saturated rings. The van der Waals surface area contributed by atoms with Crippen molar-refractivity contribution in [2.75, 3.05) is 11.9 Å². The molecule has 0 saturated heterocycles. The molecule has 0 spiro atoms. The maximum absolute atomic E-state index is 12.5. The van der Waals surface area contributed by atoms with Crippen LogP contribution in [0.5, 0.6) is 5.75 Å². The highest BCUT2D eigenvalue weighted by atomic mass is 32.1. The summed E-state index contributed by atoms with van der Waals surface area (Å²) in [4.78, 5) is 13.5. The zero-order valence-corrected chi connectivity index (χ0v) is 16.0. The smallest absolute Gasteiger partial charge is 0.387 e. The van der Waals surface area contributed by atoms with Gasteiger partial charge in [-0.05, 0) is 36.1 Å². The van der Waals surface area contributed by atoms with Crippen LogP contribution < -0.4 is 15.4 Å². The van der Waals surface area contributed by atoms with Crippen molar-refractivity contribution < 1.29 is 18.3 Å². The summed E-state index contributed by atoms with van der Waals surface area (Å²) < 4.78 is 29.5. The molecular formula is C21H20F2N2O2S. The molecule has 0 radical (unpaired) electrons. The lowest BCUT2D eigenvalue weighted by Crippen LogP contribution is -2.31. The second-order valence-corrected chi connectivity index (χ2v) is 7.14. The van der Waals surface area contributed by atoms with E-state index in [2.05, 4.69) is 15.4 Å². The van der Waals surface area contributed by atoms with E-state index >= 15 is 0 Å². The fourth-order valence-electron chi connectivity index (χ4n) is 2.75. The summed E-state index contributed by atoms with van der Waals surface area (Å²) in [6, 6.07) is 18.0. The van der Waals surface area contributed by atoms with Gasteiger partial charge in [-0.15, -0.1) is 11.3 Å². The van der Waals surface area contributed by atoms with Gasteiger partial charge >= 0.3 is 6.61 Å². The van der Waals surface area contributed by atoms with Crippen molar-refractivity contribution in [2.24, 2.45) is 0 Å². The predicted molar refractivity (Wildman–Crippen MR) is 107 cm³/mol. The third-order valence-corrected chi connectivity index (χ3v) is 5.02. The van der Waals surface area contributed by atoms with Gasteiger partial charge in [0.25, 0.3) is 0 Å². The number of carbonyl (C=O) groups is 1. The topological polar surface area (TPSA) is 50.4 Å². The first-order valence-electron chi connectivity index (χ1n) is 8.70. The van der Waals surface area contributed by atoms with E-state index in [1.54, 1.807) is 23.5 Å². The van der Waals surface area contributed by atoms with Crippen molar-refractivity contribution in [3.05, 3.63) is 82.0 Å². The standard InChI is InChI=1S/C21H20F2N2O2S/c1-14-8-10-15(11-9-14)20(18-7-4-12-28-18)24-13-19(26)25-16-5-2-3-6-17(16)27-21(22)23/h2-12,20-21,24H,13H2,1H3,(H,25,26)/t20-/m0/s1. The van der Waals surface area contributed by atoms with Gasteiger partial charge in [0.05, 0.1) is 18.3 Å². The Hall–Kier alpha value is -2.77. The lowest BCUT2D eigenvalue weighted by atomic mass is 10.0. The average Bonchev–Trinajstić information content (AvgIpc) is 3.19. The summed E-state index contributed by atoms with van der Waals surface area (Å²) in [5, 5.41) is 7.85. The molecule has 2 aromatic carbocycles. The van der Waals surface area contributed by atoms with E-state index < -0.39 is 6.61 Å². The van der Waals surface area contributed by atoms with E-state index in [0.717, 1.165) is 16.0 Å². The minimum absolute atomic E-state index is 0.0133. The molecule has 2 N–H and O–H groups in total. The van der Waals surface area contributed by atoms with Crippen molar-refractivity contribution in [2.45, 2.75) is 19.6 Å². The molecule has 28 heavy (non-hydrogen) atoms. The van der Waals surface area contributed by atoms with Gasteiger partial charge < -0.3 is 10.1 Å². The normalized spacial score (nSPS) is 12.0. The number of aryl methyl sites for hydroxylation is 1. The van der Waals surface area contributed by atoms with Crippen LogP contribution >= 0.6 is 11.3 Å². The molecule has 1 atom stereocenters.